The van der Waals surface area contributed by atoms with Gasteiger partial charge in [0.2, 0.25) is 0 Å². The zero-order chi connectivity index (χ0) is 56.4. The number of allylic oxidation sites excluding steroid dienone is 1. The molecule has 0 radical (unpaired) electrons. The van der Waals surface area contributed by atoms with Gasteiger partial charge in [-0.2, -0.15) is 0 Å². The van der Waals surface area contributed by atoms with E-state index >= 15 is 9.59 Å². The molecular formula is C69H91N3O9. The van der Waals surface area contributed by atoms with Crippen LogP contribution in [0.15, 0.2) is 41.7 Å². The van der Waals surface area contributed by atoms with Crippen molar-refractivity contribution in [1.29, 1.82) is 0 Å². The molecular weight excluding hydrogens is 1010 g/mol. The number of aldehydes is 1. The average Bonchev–Trinajstić information content (AvgIpc) is 1.94. The molecule has 2 aromatic heterocycles. The van der Waals surface area contributed by atoms with Crippen molar-refractivity contribution in [2.24, 2.45) is 56.2 Å². The molecule has 0 amide bonds. The molecule has 3 spiro atoms. The molecule has 2 saturated heterocycles. The zero-order valence-corrected chi connectivity index (χ0v) is 49.3. The minimum atomic E-state index is -1.08. The second-order valence-electron chi connectivity index (χ2n) is 30.1. The number of aromatic nitrogens is 2. The highest BCUT2D eigenvalue weighted by Crippen LogP contribution is 2.82. The van der Waals surface area contributed by atoms with E-state index in [0.29, 0.717) is 95.7 Å². The number of carbonyl (C=O) groups is 3. The Labute approximate surface area is 479 Å². The summed E-state index contributed by atoms with van der Waals surface area (Å²) in [5.41, 5.74) is 2.87. The number of rotatable bonds is 9. The van der Waals surface area contributed by atoms with Crippen molar-refractivity contribution in [3.63, 3.8) is 0 Å². The summed E-state index contributed by atoms with van der Waals surface area (Å²) in [6.07, 6.45) is 18.7. The summed E-state index contributed by atoms with van der Waals surface area (Å²) in [6.45, 7) is 12.4. The maximum absolute atomic E-state index is 16.2. The molecule has 436 valence electrons. The molecule has 11 aliphatic rings. The Bertz CT molecular complexity index is 3160. The lowest BCUT2D eigenvalue weighted by Crippen LogP contribution is -2.74. The summed E-state index contributed by atoms with van der Waals surface area (Å²) in [6, 6.07) is 6.76. The Hall–Kier alpha value is -3.93. The third-order valence-electron chi connectivity index (χ3n) is 26.2. The van der Waals surface area contributed by atoms with Gasteiger partial charge in [-0.3, -0.25) is 9.59 Å². The standard InChI is InChI=1S/C69H91N3O9/c1-62(2)61(81-62)52(76)33-63(3)44-15-10-11-20-68-22-18-53-65(5,66(21-17-47(74)32-66)35-54(77)67(53)19-12-16-46(31-67)70-6)60(68)59(78)49(55-56(63)51(75)34-64(55,68)4)38-72-37-48(57-58(72)43(30-44)36-71-57)50(39-73)42-27-41(40-13-8-7-9-14-40)28-45(29-42)69(79)23-25-80-26-24-69/h27-29,36-37,39-40,44,46-47,49-50,52-53,59-61,70-71,74,76,78-79H,7-9,12-26,30-35,38H2,1-6H3/t44-,46-,47-,49+,50+,52+,53+,59+,60+,61+,63+,64-,65+,66-,67-,68-/m0/s1. The predicted molar refractivity (Wildman–Crippen MR) is 309 cm³/mol. The van der Waals surface area contributed by atoms with Crippen molar-refractivity contribution < 1.29 is 44.3 Å². The number of aliphatic hydroxyl groups is 4. The first-order valence-corrected chi connectivity index (χ1v) is 32.0. The second kappa shape index (κ2) is 19.0. The molecule has 12 nitrogen and oxygen atoms in total. The van der Waals surface area contributed by atoms with Crippen LogP contribution in [0.25, 0.3) is 11.0 Å². The van der Waals surface area contributed by atoms with Crippen molar-refractivity contribution in [2.45, 2.75) is 236 Å². The zero-order valence-electron chi connectivity index (χ0n) is 49.3. The second-order valence-corrected chi connectivity index (χ2v) is 30.1. The van der Waals surface area contributed by atoms with Gasteiger partial charge in [-0.15, -0.1) is 11.8 Å². The van der Waals surface area contributed by atoms with Crippen LogP contribution >= 0.6 is 0 Å². The van der Waals surface area contributed by atoms with Gasteiger partial charge in [0.25, 0.3) is 0 Å². The first-order valence-electron chi connectivity index (χ1n) is 32.0. The summed E-state index contributed by atoms with van der Waals surface area (Å²) in [7, 11) is 2.03. The number of epoxide rings is 1. The Morgan fingerprint density at radius 3 is 2.41 bits per heavy atom. The number of hydrogen-bond donors (Lipinski definition) is 6. The van der Waals surface area contributed by atoms with Crippen molar-refractivity contribution >= 4 is 28.9 Å². The van der Waals surface area contributed by atoms with E-state index in [9.17, 15) is 25.2 Å². The molecule has 6 N–H and O–H groups in total. The van der Waals surface area contributed by atoms with Gasteiger partial charge in [0.05, 0.1) is 46.5 Å². The fraction of sp³-hybridized carbons (Fsp3) is 0.725. The van der Waals surface area contributed by atoms with Gasteiger partial charge in [0, 0.05) is 110 Å². The number of ether oxygens (including phenoxy) is 2. The van der Waals surface area contributed by atoms with E-state index < -0.39 is 73.8 Å². The van der Waals surface area contributed by atoms with E-state index in [1.54, 1.807) is 0 Å². The molecule has 12 heteroatoms. The van der Waals surface area contributed by atoms with Gasteiger partial charge < -0.3 is 49.6 Å². The number of fused-ring (bicyclic) bond motifs is 5. The van der Waals surface area contributed by atoms with E-state index in [1.807, 2.05) is 20.9 Å². The molecule has 14 rings (SSSR count). The van der Waals surface area contributed by atoms with Gasteiger partial charge >= 0.3 is 0 Å². The number of nitrogens with one attached hydrogen (secondary N) is 2. The van der Waals surface area contributed by atoms with Crippen LogP contribution in [0.5, 0.6) is 0 Å². The van der Waals surface area contributed by atoms with E-state index in [4.69, 9.17) is 9.47 Å². The Morgan fingerprint density at radius 1 is 0.914 bits per heavy atom. The average molecular weight is 1110 g/mol. The van der Waals surface area contributed by atoms with Crippen LogP contribution in [0.4, 0.5) is 0 Å². The smallest absolute Gasteiger partial charge is 0.160 e. The Morgan fingerprint density at radius 2 is 1.69 bits per heavy atom. The number of nitrogens with zero attached hydrogens (tertiary/aromatic N) is 1. The van der Waals surface area contributed by atoms with E-state index in [1.165, 1.54) is 12.0 Å². The number of aliphatic hydroxyl groups excluding tert-OH is 3. The van der Waals surface area contributed by atoms with Crippen molar-refractivity contribution in [1.82, 2.24) is 14.9 Å². The maximum atomic E-state index is 16.2. The number of carbonyl (C=O) groups excluding carboxylic acids is 3. The highest BCUT2D eigenvalue weighted by molar-refractivity contribution is 6.02. The molecule has 81 heavy (non-hydrogen) atoms. The van der Waals surface area contributed by atoms with Crippen LogP contribution in [0.2, 0.25) is 0 Å². The number of H-pyrrole nitrogens is 1. The molecule has 8 fully saturated rings. The quantitative estimate of drug-likeness (QED) is 0.0684. The molecule has 3 aromatic rings. The Balaban J connectivity index is 0.991. The third-order valence-corrected chi connectivity index (χ3v) is 26.2. The third kappa shape index (κ3) is 7.75. The monoisotopic (exact) mass is 1110 g/mol. The SMILES string of the molecule is CN[C@H]1CCC[C@@]2(C1)C(=O)C[C@@]1(CC[C@H](O)C1)[C@]1(C)[C@H]2CC[C@]23CC#CC[C@H]4Cc5c[nH]c6c([C@H](C=O)c7cc(C8CCCCC8)cc(C8(O)CCOCC8)c7)cn(c56)C[C@H](C5=C(C(=O)C[C@@]52C)[C@]4(C)C[C@@H](O)[C@H]2OC2(C)C)[C@@H](O)[C@@H]31. The topological polar surface area (TPSA) is 187 Å². The fourth-order valence-corrected chi connectivity index (χ4v) is 22.1. The lowest BCUT2D eigenvalue weighted by atomic mass is 9.28. The normalized spacial score (nSPS) is 42.1. The maximum Gasteiger partial charge on any atom is 0.160 e. The minimum absolute atomic E-state index is 0.0405. The number of Topliss-reactive ketones (excluding diaryl/α,β-unsaturated/α-hetero) is 2. The van der Waals surface area contributed by atoms with Gasteiger partial charge in [-0.25, -0.2) is 0 Å². The van der Waals surface area contributed by atoms with Gasteiger partial charge in [-0.1, -0.05) is 64.7 Å². The lowest BCUT2D eigenvalue weighted by molar-refractivity contribution is -0.270. The van der Waals surface area contributed by atoms with Crippen LogP contribution in [0.1, 0.15) is 209 Å². The van der Waals surface area contributed by atoms with Crippen LogP contribution in [-0.2, 0) is 42.4 Å². The molecule has 8 aliphatic carbocycles. The summed E-state index contributed by atoms with van der Waals surface area (Å²) in [5.74, 6) is 6.61. The van der Waals surface area contributed by atoms with Crippen LogP contribution in [0, 0.1) is 68.0 Å². The largest absolute Gasteiger partial charge is 0.393 e. The van der Waals surface area contributed by atoms with E-state index in [0.717, 1.165) is 115 Å². The minimum Gasteiger partial charge on any atom is -0.393 e. The Kier molecular flexibility index (Phi) is 12.9. The van der Waals surface area contributed by atoms with Gasteiger partial charge in [0.15, 0.2) is 5.78 Å². The number of ketones is 2. The van der Waals surface area contributed by atoms with E-state index in [-0.39, 0.29) is 42.1 Å². The number of aromatic amines is 1. The van der Waals surface area contributed by atoms with Gasteiger partial charge in [0.1, 0.15) is 18.2 Å². The molecule has 5 heterocycles. The molecule has 3 aliphatic heterocycles. The highest BCUT2D eigenvalue weighted by Gasteiger charge is 2.79. The molecule has 5 bridgehead atoms. The molecule has 6 saturated carbocycles. The number of hydrogen-bond acceptors (Lipinski definition) is 10. The predicted octanol–water partition coefficient (Wildman–Crippen LogP) is 10.2. The summed E-state index contributed by atoms with van der Waals surface area (Å²) in [5, 5.41) is 55.1. The lowest BCUT2D eigenvalue weighted by Gasteiger charge is -2.75. The summed E-state index contributed by atoms with van der Waals surface area (Å²) < 4.78 is 14.3. The molecule has 1 aromatic carbocycles. The van der Waals surface area contributed by atoms with Crippen LogP contribution < -0.4 is 5.32 Å². The highest BCUT2D eigenvalue weighted by atomic mass is 16.6. The first-order chi connectivity index (χ1) is 38.7. The first kappa shape index (κ1) is 55.0. The summed E-state index contributed by atoms with van der Waals surface area (Å²) >= 11 is 0. The molecule has 16 atom stereocenters. The van der Waals surface area contributed by atoms with Gasteiger partial charge in [-0.05, 0) is 166 Å². The van der Waals surface area contributed by atoms with Crippen LogP contribution in [-0.4, -0.2) is 104 Å². The summed E-state index contributed by atoms with van der Waals surface area (Å²) in [4.78, 5) is 49.8. The van der Waals surface area contributed by atoms with E-state index in [2.05, 4.69) is 78.1 Å². The molecule has 0 unspecified atom stereocenters. The number of benzene rings is 1. The fourth-order valence-electron chi connectivity index (χ4n) is 22.1. The van der Waals surface area contributed by atoms with Crippen molar-refractivity contribution in [3.05, 3.63) is 69.6 Å². The van der Waals surface area contributed by atoms with Crippen molar-refractivity contribution in [2.75, 3.05) is 20.3 Å². The van der Waals surface area contributed by atoms with Crippen molar-refractivity contribution in [3.8, 4) is 11.8 Å². The van der Waals surface area contributed by atoms with Crippen LogP contribution in [0.3, 0.4) is 0 Å².